The monoisotopic (exact) mass is 480 g/mol. The summed E-state index contributed by atoms with van der Waals surface area (Å²) in [4.78, 5) is 37.3. The average Bonchev–Trinajstić information content (AvgIpc) is 3.24. The Hall–Kier alpha value is -3.81. The van der Waals surface area contributed by atoms with E-state index in [1.807, 2.05) is 45.0 Å². The molecule has 0 atom stereocenters. The van der Waals surface area contributed by atoms with E-state index >= 15 is 0 Å². The topological polar surface area (TPSA) is 103 Å². The van der Waals surface area contributed by atoms with Gasteiger partial charge >= 0.3 is 18.0 Å². The summed E-state index contributed by atoms with van der Waals surface area (Å²) in [6.45, 7) is 6.30. The van der Waals surface area contributed by atoms with Crippen LogP contribution in [0.3, 0.4) is 0 Å². The predicted octanol–water partition coefficient (Wildman–Crippen LogP) is 5.54. The highest BCUT2D eigenvalue weighted by molar-refractivity contribution is 6.08. The molecule has 0 unspecified atom stereocenters. The number of methoxy groups -OCH3 is 1. The lowest BCUT2D eigenvalue weighted by Gasteiger charge is -2.20. The third-order valence-corrected chi connectivity index (χ3v) is 5.79. The Morgan fingerprint density at radius 3 is 2.57 bits per heavy atom. The smallest absolute Gasteiger partial charge is 0.341 e. The van der Waals surface area contributed by atoms with Crippen molar-refractivity contribution in [2.75, 3.05) is 24.4 Å². The maximum Gasteiger partial charge on any atom is 0.341 e. The van der Waals surface area contributed by atoms with Crippen LogP contribution in [0.5, 0.6) is 5.75 Å². The minimum atomic E-state index is -0.485. The molecule has 35 heavy (non-hydrogen) atoms. The number of nitrogens with one attached hydrogen (secondary N) is 2. The number of benzene rings is 2. The SMILES string of the molecule is CCCOC(=O)CC/C(C)=C/Cc1c(NC(=O)Nc2ccccc2)c2c(c(C)c1OC)COC2=O. The molecule has 1 aliphatic rings. The van der Waals surface area contributed by atoms with Gasteiger partial charge in [0, 0.05) is 23.2 Å². The molecule has 2 amide bonds. The zero-order valence-corrected chi connectivity index (χ0v) is 20.7. The van der Waals surface area contributed by atoms with Crippen molar-refractivity contribution < 1.29 is 28.6 Å². The van der Waals surface area contributed by atoms with Gasteiger partial charge in [0.05, 0.1) is 25.0 Å². The number of amides is 2. The molecule has 3 rings (SSSR count). The summed E-state index contributed by atoms with van der Waals surface area (Å²) in [5.74, 6) is -0.127. The van der Waals surface area contributed by atoms with Crippen LogP contribution >= 0.6 is 0 Å². The lowest BCUT2D eigenvalue weighted by Crippen LogP contribution is -2.22. The van der Waals surface area contributed by atoms with Crippen LogP contribution in [0, 0.1) is 6.92 Å². The van der Waals surface area contributed by atoms with E-state index in [2.05, 4.69) is 10.6 Å². The number of fused-ring (bicyclic) bond motifs is 1. The Bertz CT molecular complexity index is 1120. The van der Waals surface area contributed by atoms with Crippen molar-refractivity contribution in [3.8, 4) is 5.75 Å². The Morgan fingerprint density at radius 1 is 1.14 bits per heavy atom. The number of esters is 2. The van der Waals surface area contributed by atoms with Crippen LogP contribution in [0.2, 0.25) is 0 Å². The Labute approximate surface area is 205 Å². The van der Waals surface area contributed by atoms with Crippen molar-refractivity contribution in [1.82, 2.24) is 0 Å². The van der Waals surface area contributed by atoms with Gasteiger partial charge in [-0.05, 0) is 50.8 Å². The fraction of sp³-hybridized carbons (Fsp3) is 0.370. The van der Waals surface area contributed by atoms with Gasteiger partial charge in [-0.2, -0.15) is 0 Å². The van der Waals surface area contributed by atoms with E-state index in [9.17, 15) is 14.4 Å². The lowest BCUT2D eigenvalue weighted by molar-refractivity contribution is -0.143. The number of hydrogen-bond acceptors (Lipinski definition) is 6. The molecule has 2 N–H and O–H groups in total. The number of urea groups is 1. The summed E-state index contributed by atoms with van der Waals surface area (Å²) in [5, 5.41) is 5.63. The molecular weight excluding hydrogens is 448 g/mol. The molecule has 0 bridgehead atoms. The first-order chi connectivity index (χ1) is 16.8. The minimum Gasteiger partial charge on any atom is -0.496 e. The van der Waals surface area contributed by atoms with Crippen LogP contribution < -0.4 is 15.4 Å². The summed E-state index contributed by atoms with van der Waals surface area (Å²) in [6.07, 6.45) is 3.99. The van der Waals surface area contributed by atoms with Crippen LogP contribution in [0.15, 0.2) is 42.0 Å². The molecule has 0 saturated heterocycles. The summed E-state index contributed by atoms with van der Waals surface area (Å²) in [6, 6.07) is 8.55. The number of para-hydroxylation sites is 1. The van der Waals surface area contributed by atoms with Crippen molar-refractivity contribution in [3.05, 3.63) is 64.2 Å². The van der Waals surface area contributed by atoms with Crippen LogP contribution in [0.4, 0.5) is 16.2 Å². The van der Waals surface area contributed by atoms with Crippen molar-refractivity contribution in [1.29, 1.82) is 0 Å². The molecule has 0 spiro atoms. The summed E-state index contributed by atoms with van der Waals surface area (Å²) < 4.78 is 16.1. The molecule has 0 aromatic heterocycles. The summed E-state index contributed by atoms with van der Waals surface area (Å²) >= 11 is 0. The molecule has 0 saturated carbocycles. The van der Waals surface area contributed by atoms with Crippen LogP contribution in [0.1, 0.15) is 60.2 Å². The van der Waals surface area contributed by atoms with Gasteiger partial charge < -0.3 is 24.8 Å². The van der Waals surface area contributed by atoms with Gasteiger partial charge in [-0.15, -0.1) is 0 Å². The molecule has 1 aliphatic heterocycles. The molecular formula is C27H32N2O6. The van der Waals surface area contributed by atoms with Gasteiger partial charge in [0.15, 0.2) is 0 Å². The molecule has 8 nitrogen and oxygen atoms in total. The van der Waals surface area contributed by atoms with E-state index < -0.39 is 12.0 Å². The highest BCUT2D eigenvalue weighted by atomic mass is 16.5. The third kappa shape index (κ3) is 6.41. The van der Waals surface area contributed by atoms with Crippen LogP contribution in [-0.4, -0.2) is 31.7 Å². The number of hydrogen-bond donors (Lipinski definition) is 2. The van der Waals surface area contributed by atoms with E-state index in [4.69, 9.17) is 14.2 Å². The van der Waals surface area contributed by atoms with E-state index in [-0.39, 0.29) is 12.6 Å². The fourth-order valence-corrected chi connectivity index (χ4v) is 3.95. The molecule has 0 fully saturated rings. The molecule has 2 aromatic carbocycles. The molecule has 0 aliphatic carbocycles. The highest BCUT2D eigenvalue weighted by Gasteiger charge is 2.32. The van der Waals surface area contributed by atoms with Crippen LogP contribution in [-0.2, 0) is 27.3 Å². The van der Waals surface area contributed by atoms with Gasteiger partial charge in [0.1, 0.15) is 12.4 Å². The standard InChI is InChI=1S/C27H32N2O6/c1-5-15-34-22(30)14-12-17(2)11-13-20-24(29-27(32)28-19-9-7-6-8-10-19)23-21(16-35-26(23)31)18(3)25(20)33-4/h6-11H,5,12-16H2,1-4H3,(H2,28,29,32)/b17-11+. The Balaban J connectivity index is 1.89. The highest BCUT2D eigenvalue weighted by Crippen LogP contribution is 2.41. The zero-order chi connectivity index (χ0) is 25.4. The number of carbonyl (C=O) groups is 3. The second kappa shape index (κ2) is 12.1. The largest absolute Gasteiger partial charge is 0.496 e. The van der Waals surface area contributed by atoms with E-state index in [1.54, 1.807) is 19.2 Å². The first-order valence-electron chi connectivity index (χ1n) is 11.7. The zero-order valence-electron chi connectivity index (χ0n) is 20.7. The second-order valence-electron chi connectivity index (χ2n) is 8.36. The molecule has 0 radical (unpaired) electrons. The van der Waals surface area contributed by atoms with E-state index in [1.165, 1.54) is 0 Å². The first kappa shape index (κ1) is 25.8. The van der Waals surface area contributed by atoms with Gasteiger partial charge in [-0.25, -0.2) is 9.59 Å². The van der Waals surface area contributed by atoms with Gasteiger partial charge in [0.25, 0.3) is 0 Å². The van der Waals surface area contributed by atoms with Crippen LogP contribution in [0.25, 0.3) is 0 Å². The van der Waals surface area contributed by atoms with Gasteiger partial charge in [-0.1, -0.05) is 36.8 Å². The predicted molar refractivity (Wildman–Crippen MR) is 134 cm³/mol. The Morgan fingerprint density at radius 2 is 1.89 bits per heavy atom. The number of anilines is 2. The third-order valence-electron chi connectivity index (χ3n) is 5.79. The van der Waals surface area contributed by atoms with E-state index in [0.717, 1.165) is 17.6 Å². The first-order valence-corrected chi connectivity index (χ1v) is 11.7. The van der Waals surface area contributed by atoms with Crippen molar-refractivity contribution >= 4 is 29.3 Å². The summed E-state index contributed by atoms with van der Waals surface area (Å²) in [7, 11) is 1.56. The number of carbonyl (C=O) groups excluding carboxylic acids is 3. The number of cyclic esters (lactones) is 1. The maximum atomic E-state index is 12.8. The molecule has 1 heterocycles. The Kier molecular flexibility index (Phi) is 8.89. The number of ether oxygens (including phenoxy) is 3. The van der Waals surface area contributed by atoms with E-state index in [0.29, 0.717) is 59.7 Å². The molecule has 186 valence electrons. The quantitative estimate of drug-likeness (QED) is 0.342. The maximum absolute atomic E-state index is 12.8. The van der Waals surface area contributed by atoms with Crippen molar-refractivity contribution in [2.24, 2.45) is 0 Å². The van der Waals surface area contributed by atoms with Gasteiger partial charge in [-0.3, -0.25) is 4.79 Å². The summed E-state index contributed by atoms with van der Waals surface area (Å²) in [5.41, 5.74) is 4.48. The van der Waals surface area contributed by atoms with Crippen molar-refractivity contribution in [2.45, 2.75) is 53.1 Å². The normalized spacial score (nSPS) is 12.6. The molecule has 8 heteroatoms. The average molecular weight is 481 g/mol. The second-order valence-corrected chi connectivity index (χ2v) is 8.36. The molecule has 2 aromatic rings. The number of allylic oxidation sites excluding steroid dienone is 2. The van der Waals surface area contributed by atoms with Gasteiger partial charge in [0.2, 0.25) is 0 Å². The number of rotatable bonds is 10. The fourth-order valence-electron chi connectivity index (χ4n) is 3.95. The van der Waals surface area contributed by atoms with Crippen molar-refractivity contribution in [3.63, 3.8) is 0 Å². The lowest BCUT2D eigenvalue weighted by atomic mass is 9.93. The minimum absolute atomic E-state index is 0.125.